The maximum Gasteiger partial charge on any atom is 0.254 e. The van der Waals surface area contributed by atoms with Gasteiger partial charge in [-0.2, -0.15) is 0 Å². The molecule has 1 heterocycles. The maximum absolute atomic E-state index is 12.3. The van der Waals surface area contributed by atoms with Gasteiger partial charge >= 0.3 is 0 Å². The van der Waals surface area contributed by atoms with E-state index < -0.39 is 10.0 Å². The molecule has 142 valence electrons. The van der Waals surface area contributed by atoms with Crippen molar-refractivity contribution in [1.82, 2.24) is 4.57 Å². The predicted octanol–water partition coefficient (Wildman–Crippen LogP) is 3.31. The molecule has 0 aliphatic carbocycles. The predicted molar refractivity (Wildman–Crippen MR) is 115 cm³/mol. The van der Waals surface area contributed by atoms with E-state index >= 15 is 0 Å². The van der Waals surface area contributed by atoms with Gasteiger partial charge in [-0.05, 0) is 78.6 Å². The van der Waals surface area contributed by atoms with Crippen LogP contribution in [0.1, 0.15) is 24.0 Å². The number of hydrogen-bond donors (Lipinski definition) is 2. The molecule has 9 heteroatoms. The molecule has 26 heavy (non-hydrogen) atoms. The molecule has 0 unspecified atom stereocenters. The number of nitrogens with zero attached hydrogens (tertiary/aromatic N) is 1. The lowest BCUT2D eigenvalue weighted by Crippen LogP contribution is -2.23. The lowest BCUT2D eigenvalue weighted by molar-refractivity contribution is 0.593. The Balaban J connectivity index is 2.31. The normalized spacial score (nSPS) is 11.6. The molecule has 6 nitrogen and oxygen atoms in total. The molecule has 0 amide bonds. The highest BCUT2D eigenvalue weighted by Crippen LogP contribution is 2.28. The van der Waals surface area contributed by atoms with E-state index in [0.717, 1.165) is 9.13 Å². The van der Waals surface area contributed by atoms with Gasteiger partial charge in [-0.25, -0.2) is 13.6 Å². The summed E-state index contributed by atoms with van der Waals surface area (Å²) >= 11 is 8.48. The molecule has 2 rings (SSSR count). The molecule has 0 aliphatic heterocycles. The number of nitrogens with one attached hydrogen (secondary N) is 1. The first-order valence-electron chi connectivity index (χ1n) is 8.00. The third-order valence-electron chi connectivity index (χ3n) is 3.98. The highest BCUT2D eigenvalue weighted by atomic mass is 127. The lowest BCUT2D eigenvalue weighted by Gasteiger charge is -2.18. The van der Waals surface area contributed by atoms with E-state index in [0.29, 0.717) is 41.4 Å². The Hall–Kier alpha value is -1.10. The van der Waals surface area contributed by atoms with Gasteiger partial charge < -0.3 is 5.32 Å². The quantitative estimate of drug-likeness (QED) is 0.442. The zero-order valence-electron chi connectivity index (χ0n) is 14.6. The number of halogens is 2. The van der Waals surface area contributed by atoms with E-state index in [1.165, 1.54) is 0 Å². The molecule has 1 aromatic heterocycles. The summed E-state index contributed by atoms with van der Waals surface area (Å²) in [6.45, 7) is 1.76. The van der Waals surface area contributed by atoms with E-state index in [4.69, 9.17) is 16.7 Å². The summed E-state index contributed by atoms with van der Waals surface area (Å²) in [6, 6.07) is 7.46. The SMILES string of the molecule is Cc1cc(CCCCS(N)(=O)=O)c(Nc2ccc(I)cc2Cl)n(C)c1=O. The molecule has 1 aromatic carbocycles. The van der Waals surface area contributed by atoms with Crippen molar-refractivity contribution in [3.05, 3.63) is 54.3 Å². The van der Waals surface area contributed by atoms with Crippen molar-refractivity contribution in [2.45, 2.75) is 26.2 Å². The summed E-state index contributed by atoms with van der Waals surface area (Å²) in [5.74, 6) is 0.600. The Morgan fingerprint density at radius 3 is 2.58 bits per heavy atom. The Morgan fingerprint density at radius 1 is 1.27 bits per heavy atom. The van der Waals surface area contributed by atoms with Crippen molar-refractivity contribution in [3.63, 3.8) is 0 Å². The number of unbranched alkanes of at least 4 members (excludes halogenated alkanes) is 1. The summed E-state index contributed by atoms with van der Waals surface area (Å²) in [5.41, 5.74) is 2.17. The van der Waals surface area contributed by atoms with Crippen LogP contribution in [-0.4, -0.2) is 18.7 Å². The van der Waals surface area contributed by atoms with Gasteiger partial charge in [0.05, 0.1) is 16.5 Å². The van der Waals surface area contributed by atoms with Gasteiger partial charge in [0.25, 0.3) is 5.56 Å². The largest absolute Gasteiger partial charge is 0.340 e. The lowest BCUT2D eigenvalue weighted by atomic mass is 10.1. The monoisotopic (exact) mass is 509 g/mol. The third kappa shape index (κ3) is 5.70. The Kier molecular flexibility index (Phi) is 7.12. The van der Waals surface area contributed by atoms with E-state index in [-0.39, 0.29) is 11.3 Å². The number of benzene rings is 1. The number of rotatable bonds is 7. The summed E-state index contributed by atoms with van der Waals surface area (Å²) < 4.78 is 24.7. The van der Waals surface area contributed by atoms with Crippen LogP contribution < -0.4 is 16.0 Å². The fourth-order valence-electron chi connectivity index (χ4n) is 2.66. The van der Waals surface area contributed by atoms with Crippen LogP contribution in [0.25, 0.3) is 0 Å². The van der Waals surface area contributed by atoms with Gasteiger partial charge in [0.15, 0.2) is 0 Å². The standard InChI is InChI=1S/C17H21ClIN3O3S/c1-11-9-12(5-3-4-8-26(20,24)25)16(22(2)17(11)23)21-15-7-6-13(19)10-14(15)18/h6-7,9-10,21H,3-5,8H2,1-2H3,(H2,20,24,25). The molecule has 0 spiro atoms. The van der Waals surface area contributed by atoms with Crippen LogP contribution in [-0.2, 0) is 23.5 Å². The topological polar surface area (TPSA) is 94.2 Å². The van der Waals surface area contributed by atoms with E-state index in [1.807, 2.05) is 24.3 Å². The summed E-state index contributed by atoms with van der Waals surface area (Å²) in [6.07, 6.45) is 1.72. The van der Waals surface area contributed by atoms with Crippen LogP contribution >= 0.6 is 34.2 Å². The molecule has 0 bridgehead atoms. The molecule has 0 radical (unpaired) electrons. The van der Waals surface area contributed by atoms with Crippen LogP contribution in [0.5, 0.6) is 0 Å². The highest BCUT2D eigenvalue weighted by molar-refractivity contribution is 14.1. The van der Waals surface area contributed by atoms with Crippen LogP contribution in [0.4, 0.5) is 11.5 Å². The van der Waals surface area contributed by atoms with Crippen molar-refractivity contribution in [2.24, 2.45) is 12.2 Å². The smallest absolute Gasteiger partial charge is 0.254 e. The minimum atomic E-state index is -3.46. The first-order valence-corrected chi connectivity index (χ1v) is 11.2. The molecule has 2 aromatic rings. The van der Waals surface area contributed by atoms with Gasteiger partial charge in [-0.3, -0.25) is 9.36 Å². The summed E-state index contributed by atoms with van der Waals surface area (Å²) in [5, 5.41) is 8.85. The van der Waals surface area contributed by atoms with Crippen molar-refractivity contribution in [2.75, 3.05) is 11.1 Å². The van der Waals surface area contributed by atoms with Crippen molar-refractivity contribution in [1.29, 1.82) is 0 Å². The van der Waals surface area contributed by atoms with Crippen LogP contribution in [0.15, 0.2) is 29.1 Å². The van der Waals surface area contributed by atoms with Gasteiger partial charge in [0.1, 0.15) is 5.82 Å². The number of nitrogens with two attached hydrogens (primary N) is 1. The van der Waals surface area contributed by atoms with Gasteiger partial charge in [0, 0.05) is 16.2 Å². The molecule has 3 N–H and O–H groups in total. The maximum atomic E-state index is 12.3. The molecule has 0 fully saturated rings. The molecule has 0 saturated carbocycles. The van der Waals surface area contributed by atoms with Gasteiger partial charge in [0.2, 0.25) is 10.0 Å². The fourth-order valence-corrected chi connectivity index (χ4v) is 4.17. The highest BCUT2D eigenvalue weighted by Gasteiger charge is 2.13. The molecule has 0 saturated heterocycles. The molecular weight excluding hydrogens is 489 g/mol. The minimum absolute atomic E-state index is 0.0521. The number of anilines is 2. The first kappa shape index (κ1) is 21.2. The van der Waals surface area contributed by atoms with Crippen molar-refractivity contribution < 1.29 is 8.42 Å². The average Bonchev–Trinajstić information content (AvgIpc) is 2.53. The van der Waals surface area contributed by atoms with Crippen molar-refractivity contribution in [3.8, 4) is 0 Å². The van der Waals surface area contributed by atoms with E-state index in [9.17, 15) is 13.2 Å². The zero-order chi connectivity index (χ0) is 19.5. The second-order valence-corrected chi connectivity index (χ2v) is 9.53. The molecule has 0 aliphatic rings. The minimum Gasteiger partial charge on any atom is -0.340 e. The second-order valence-electron chi connectivity index (χ2n) is 6.14. The summed E-state index contributed by atoms with van der Waals surface area (Å²) in [7, 11) is -1.76. The number of aromatic nitrogens is 1. The fraction of sp³-hybridized carbons (Fsp3) is 0.353. The van der Waals surface area contributed by atoms with Crippen LogP contribution in [0, 0.1) is 10.5 Å². The second kappa shape index (κ2) is 8.73. The molecular formula is C17H21ClIN3O3S. The number of hydrogen-bond acceptors (Lipinski definition) is 4. The first-order chi connectivity index (χ1) is 12.1. The van der Waals surface area contributed by atoms with Crippen LogP contribution in [0.3, 0.4) is 0 Å². The Bertz CT molecular complexity index is 974. The zero-order valence-corrected chi connectivity index (χ0v) is 18.3. The summed E-state index contributed by atoms with van der Waals surface area (Å²) in [4.78, 5) is 12.3. The number of aryl methyl sites for hydroxylation is 2. The molecule has 0 atom stereocenters. The van der Waals surface area contributed by atoms with Gasteiger partial charge in [-0.15, -0.1) is 0 Å². The third-order valence-corrected chi connectivity index (χ3v) is 5.82. The Labute approximate surface area is 171 Å². The Morgan fingerprint density at radius 2 is 1.96 bits per heavy atom. The number of sulfonamides is 1. The van der Waals surface area contributed by atoms with Crippen molar-refractivity contribution >= 4 is 55.7 Å². The number of pyridine rings is 1. The van der Waals surface area contributed by atoms with Gasteiger partial charge in [-0.1, -0.05) is 11.6 Å². The van der Waals surface area contributed by atoms with E-state index in [2.05, 4.69) is 27.9 Å². The number of primary sulfonamides is 1. The average molecular weight is 510 g/mol. The van der Waals surface area contributed by atoms with Crippen LogP contribution in [0.2, 0.25) is 5.02 Å². The van der Waals surface area contributed by atoms with E-state index in [1.54, 1.807) is 18.5 Å².